The largest absolute Gasteiger partial charge is 0.418 e. The van der Waals surface area contributed by atoms with Crippen molar-refractivity contribution >= 4 is 43.6 Å². The third-order valence-corrected chi connectivity index (χ3v) is 14.4. The molecule has 0 bridgehead atoms. The fourth-order valence-corrected chi connectivity index (χ4v) is 10.8. The minimum atomic E-state index is -4.94. The Balaban J connectivity index is 1.15. The zero-order valence-corrected chi connectivity index (χ0v) is 40.6. The molecule has 0 amide bonds. The van der Waals surface area contributed by atoms with Crippen LogP contribution >= 0.6 is 0 Å². The summed E-state index contributed by atoms with van der Waals surface area (Å²) in [5.41, 5.74) is 4.85. The second-order valence-corrected chi connectivity index (χ2v) is 18.7. The van der Waals surface area contributed by atoms with E-state index in [-0.39, 0.29) is 22.5 Å². The molecule has 0 atom stereocenters. The molecule has 2 aromatic heterocycles. The fraction of sp³-hybridized carbons (Fsp3) is 0.0303. The average molecular weight is 1030 g/mol. The number of hydrogen-bond acceptors (Lipinski definition) is 4. The predicted octanol–water partition coefficient (Wildman–Crippen LogP) is 17.7. The van der Waals surface area contributed by atoms with E-state index in [1.807, 2.05) is 0 Å². The molecular formula is C66H34F6N6. The van der Waals surface area contributed by atoms with E-state index in [1.54, 1.807) is 170 Å². The quantitative estimate of drug-likeness (QED) is 0.148. The minimum absolute atomic E-state index is 0.160. The molecule has 370 valence electrons. The predicted molar refractivity (Wildman–Crippen MR) is 291 cm³/mol. The summed E-state index contributed by atoms with van der Waals surface area (Å²) in [6.07, 6.45) is -9.88. The van der Waals surface area contributed by atoms with Crippen LogP contribution < -0.4 is 0 Å². The molecule has 78 heavy (non-hydrogen) atoms. The number of benzene rings is 10. The van der Waals surface area contributed by atoms with Gasteiger partial charge in [0.15, 0.2) is 0 Å². The molecule has 12 rings (SSSR count). The zero-order chi connectivity index (χ0) is 54.0. The van der Waals surface area contributed by atoms with Gasteiger partial charge in [-0.3, -0.25) is 0 Å². The van der Waals surface area contributed by atoms with Gasteiger partial charge in [0.25, 0.3) is 0 Å². The van der Waals surface area contributed by atoms with Gasteiger partial charge >= 0.3 is 12.4 Å². The van der Waals surface area contributed by atoms with Crippen LogP contribution in [0, 0.1) is 45.3 Å². The summed E-state index contributed by atoms with van der Waals surface area (Å²) < 4.78 is 97.5. The van der Waals surface area contributed by atoms with E-state index in [1.165, 1.54) is 33.4 Å². The van der Waals surface area contributed by atoms with Crippen LogP contribution in [0.5, 0.6) is 0 Å². The first-order valence-corrected chi connectivity index (χ1v) is 24.4. The topological polar surface area (TPSA) is 105 Å². The van der Waals surface area contributed by atoms with Crippen LogP contribution in [0.15, 0.2) is 206 Å². The van der Waals surface area contributed by atoms with E-state index in [4.69, 9.17) is 0 Å². The Morgan fingerprint density at radius 1 is 0.282 bits per heavy atom. The highest BCUT2D eigenvalue weighted by Crippen LogP contribution is 2.46. The van der Waals surface area contributed by atoms with Crippen molar-refractivity contribution in [2.24, 2.45) is 0 Å². The van der Waals surface area contributed by atoms with Crippen LogP contribution in [-0.4, -0.2) is 9.13 Å². The number of fused-ring (bicyclic) bond motifs is 6. The van der Waals surface area contributed by atoms with Gasteiger partial charge in [0.2, 0.25) is 0 Å². The van der Waals surface area contributed by atoms with Crippen LogP contribution in [0.25, 0.3) is 111 Å². The van der Waals surface area contributed by atoms with E-state index in [0.29, 0.717) is 110 Å². The van der Waals surface area contributed by atoms with Crippen molar-refractivity contribution < 1.29 is 26.3 Å². The van der Waals surface area contributed by atoms with Crippen LogP contribution in [0.4, 0.5) is 26.3 Å². The van der Waals surface area contributed by atoms with Gasteiger partial charge in [-0.1, -0.05) is 133 Å². The van der Waals surface area contributed by atoms with Gasteiger partial charge in [0.1, 0.15) is 0 Å². The van der Waals surface area contributed by atoms with Crippen LogP contribution in [0.2, 0.25) is 0 Å². The van der Waals surface area contributed by atoms with Crippen molar-refractivity contribution in [1.82, 2.24) is 9.13 Å². The standard InChI is InChI=1S/C66H34F6N6/c67-65(68,69)57-27-21-39(29-63(57)77-59-31-41(49-13-5-1-9-45(49)35-73)17-23-53(59)54-24-18-42(32-60(54)77)50-14-6-2-10-46(50)36-74)40-22-28-58(66(70,71)72)64(30-40)78-61-33-43(51-15-7-3-11-47(51)37-75)19-25-55(61)56-26-20-44(34-62(56)78)52-16-8-4-12-48(52)38-76/h1-34H. The molecule has 12 heteroatoms. The van der Waals surface area contributed by atoms with Crippen molar-refractivity contribution in [3.8, 4) is 91.3 Å². The summed E-state index contributed by atoms with van der Waals surface area (Å²) in [5, 5.41) is 42.7. The molecule has 0 fully saturated rings. The molecule has 12 aromatic rings. The number of rotatable bonds is 7. The lowest BCUT2D eigenvalue weighted by molar-refractivity contribution is -0.138. The molecule has 0 N–H and O–H groups in total. The minimum Gasteiger partial charge on any atom is -0.309 e. The van der Waals surface area contributed by atoms with Gasteiger partial charge in [0, 0.05) is 21.5 Å². The molecule has 10 aromatic carbocycles. The summed E-state index contributed by atoms with van der Waals surface area (Å²) in [7, 11) is 0. The van der Waals surface area contributed by atoms with Gasteiger partial charge in [-0.15, -0.1) is 0 Å². The molecule has 0 spiro atoms. The van der Waals surface area contributed by atoms with Crippen LogP contribution in [0.1, 0.15) is 33.4 Å². The Kier molecular flexibility index (Phi) is 11.5. The summed E-state index contributed by atoms with van der Waals surface area (Å²) in [4.78, 5) is 0. The first-order valence-electron chi connectivity index (χ1n) is 24.4. The number of nitriles is 4. The zero-order valence-electron chi connectivity index (χ0n) is 40.6. The molecule has 0 saturated heterocycles. The Morgan fingerprint density at radius 3 is 0.769 bits per heavy atom. The first-order chi connectivity index (χ1) is 37.8. The normalized spacial score (nSPS) is 11.7. The lowest BCUT2D eigenvalue weighted by Gasteiger charge is -2.20. The lowest BCUT2D eigenvalue weighted by atomic mass is 9.98. The Bertz CT molecular complexity index is 4140. The van der Waals surface area contributed by atoms with Gasteiger partial charge in [0.05, 0.1) is 91.1 Å². The fourth-order valence-electron chi connectivity index (χ4n) is 10.8. The third kappa shape index (κ3) is 8.05. The van der Waals surface area contributed by atoms with Gasteiger partial charge in [-0.05, 0) is 128 Å². The van der Waals surface area contributed by atoms with E-state index >= 15 is 26.3 Å². The molecule has 2 heterocycles. The molecule has 0 aliphatic carbocycles. The van der Waals surface area contributed by atoms with Crippen molar-refractivity contribution in [2.75, 3.05) is 0 Å². The van der Waals surface area contributed by atoms with Crippen molar-refractivity contribution in [1.29, 1.82) is 21.0 Å². The van der Waals surface area contributed by atoms with Crippen molar-refractivity contribution in [3.63, 3.8) is 0 Å². The van der Waals surface area contributed by atoms with Gasteiger partial charge < -0.3 is 9.13 Å². The van der Waals surface area contributed by atoms with E-state index in [9.17, 15) is 21.0 Å². The summed E-state index contributed by atoms with van der Waals surface area (Å²) in [6.45, 7) is 0. The monoisotopic (exact) mass is 1020 g/mol. The Morgan fingerprint density at radius 2 is 0.526 bits per heavy atom. The summed E-state index contributed by atoms with van der Waals surface area (Å²) in [6, 6.07) is 64.7. The number of halogens is 6. The maximum absolute atomic E-state index is 15.7. The maximum Gasteiger partial charge on any atom is 0.418 e. The Labute approximate surface area is 441 Å². The molecule has 0 aliphatic heterocycles. The van der Waals surface area contributed by atoms with E-state index in [0.717, 1.165) is 12.1 Å². The number of alkyl halides is 6. The lowest BCUT2D eigenvalue weighted by Crippen LogP contribution is -2.12. The highest BCUT2D eigenvalue weighted by molar-refractivity contribution is 6.13. The van der Waals surface area contributed by atoms with Crippen molar-refractivity contribution in [2.45, 2.75) is 12.4 Å². The Hall–Kier alpha value is -10.7. The number of nitrogens with zero attached hydrogens (tertiary/aromatic N) is 6. The van der Waals surface area contributed by atoms with Crippen LogP contribution in [-0.2, 0) is 12.4 Å². The molecule has 0 saturated carbocycles. The van der Waals surface area contributed by atoms with E-state index in [2.05, 4.69) is 24.3 Å². The first kappa shape index (κ1) is 48.3. The van der Waals surface area contributed by atoms with Crippen molar-refractivity contribution in [3.05, 3.63) is 240 Å². The highest BCUT2D eigenvalue weighted by Gasteiger charge is 2.37. The van der Waals surface area contributed by atoms with Crippen LogP contribution in [0.3, 0.4) is 0 Å². The summed E-state index contributed by atoms with van der Waals surface area (Å²) >= 11 is 0. The smallest absolute Gasteiger partial charge is 0.309 e. The molecule has 0 unspecified atom stereocenters. The molecular weight excluding hydrogens is 991 g/mol. The van der Waals surface area contributed by atoms with Gasteiger partial charge in [-0.25, -0.2) is 0 Å². The second kappa shape index (κ2) is 18.6. The number of aromatic nitrogens is 2. The SMILES string of the molecule is N#Cc1ccccc1-c1ccc2c3ccc(-c4ccccc4C#N)cc3n(-c3cc(-c4ccc(C(F)(F)F)c(-n5c6cc(-c7ccccc7C#N)ccc6c6ccc(-c7ccccc7C#N)cc65)c4)ccc3C(F)(F)F)c2c1. The van der Waals surface area contributed by atoms with E-state index < -0.39 is 23.5 Å². The number of hydrogen-bond donors (Lipinski definition) is 0. The summed E-state index contributed by atoms with van der Waals surface area (Å²) in [5.74, 6) is 0. The molecule has 6 nitrogen and oxygen atoms in total. The average Bonchev–Trinajstić information content (AvgIpc) is 4.20. The second-order valence-electron chi connectivity index (χ2n) is 18.7. The molecule has 0 aliphatic rings. The highest BCUT2D eigenvalue weighted by atomic mass is 19.4. The maximum atomic E-state index is 15.7. The van der Waals surface area contributed by atoms with Gasteiger partial charge in [-0.2, -0.15) is 47.4 Å². The third-order valence-electron chi connectivity index (χ3n) is 14.4. The molecule has 0 radical (unpaired) electrons.